The second-order valence-electron chi connectivity index (χ2n) is 8.14. The van der Waals surface area contributed by atoms with Gasteiger partial charge in [-0.15, -0.1) is 0 Å². The lowest BCUT2D eigenvalue weighted by atomic mass is 9.92. The average molecular weight is 350 g/mol. The lowest BCUT2D eigenvalue weighted by Gasteiger charge is -2.44. The molecule has 0 radical (unpaired) electrons. The zero-order valence-electron chi connectivity index (χ0n) is 16.1. The Balaban J connectivity index is 1.69. The molecule has 3 rings (SSSR count). The second-order valence-corrected chi connectivity index (χ2v) is 8.14. The standard InChI is InChI=1S/C20H35N3O2/c1-3-18(24)21-12-14-22(15-13-21)19(17-9-4-5-10-17)20(25)23-11-7-6-8-16(23)2/h16-17,19H,3-15H2,1-2H3/t16-,19+/m1/s1. The number of hydrogen-bond acceptors (Lipinski definition) is 3. The molecule has 1 aliphatic carbocycles. The molecule has 3 fully saturated rings. The molecule has 0 unspecified atom stereocenters. The highest BCUT2D eigenvalue weighted by Crippen LogP contribution is 2.33. The molecule has 2 atom stereocenters. The van der Waals surface area contributed by atoms with Crippen LogP contribution in [-0.2, 0) is 9.59 Å². The molecule has 0 spiro atoms. The van der Waals surface area contributed by atoms with Gasteiger partial charge in [0.2, 0.25) is 11.8 Å². The van der Waals surface area contributed by atoms with E-state index < -0.39 is 0 Å². The summed E-state index contributed by atoms with van der Waals surface area (Å²) in [4.78, 5) is 32.0. The van der Waals surface area contributed by atoms with Crippen molar-refractivity contribution in [3.63, 3.8) is 0 Å². The maximum absolute atomic E-state index is 13.5. The maximum Gasteiger partial charge on any atom is 0.240 e. The summed E-state index contributed by atoms with van der Waals surface area (Å²) in [5.41, 5.74) is 0. The fourth-order valence-corrected chi connectivity index (χ4v) is 5.00. The molecule has 2 saturated heterocycles. The van der Waals surface area contributed by atoms with Crippen LogP contribution in [0.1, 0.15) is 65.2 Å². The molecule has 0 aromatic rings. The fraction of sp³-hybridized carbons (Fsp3) is 0.900. The number of likely N-dealkylation sites (tertiary alicyclic amines) is 1. The molecule has 1 saturated carbocycles. The Labute approximate surface area is 152 Å². The molecular formula is C20H35N3O2. The number of piperidine rings is 1. The van der Waals surface area contributed by atoms with Crippen molar-refractivity contribution in [1.29, 1.82) is 0 Å². The minimum absolute atomic E-state index is 0.0435. The number of piperazine rings is 1. The summed E-state index contributed by atoms with van der Waals surface area (Å²) >= 11 is 0. The first-order valence-electron chi connectivity index (χ1n) is 10.4. The molecule has 2 amide bonds. The van der Waals surface area contributed by atoms with E-state index >= 15 is 0 Å². The van der Waals surface area contributed by atoms with E-state index in [4.69, 9.17) is 0 Å². The van der Waals surface area contributed by atoms with Gasteiger partial charge >= 0.3 is 0 Å². The van der Waals surface area contributed by atoms with Crippen molar-refractivity contribution >= 4 is 11.8 Å². The van der Waals surface area contributed by atoms with E-state index in [1.807, 2.05) is 11.8 Å². The first-order valence-corrected chi connectivity index (χ1v) is 10.4. The first kappa shape index (κ1) is 18.7. The van der Waals surface area contributed by atoms with Crippen LogP contribution in [0.25, 0.3) is 0 Å². The van der Waals surface area contributed by atoms with Gasteiger partial charge in [0.25, 0.3) is 0 Å². The molecule has 5 nitrogen and oxygen atoms in total. The van der Waals surface area contributed by atoms with Gasteiger partial charge in [-0.05, 0) is 44.9 Å². The third-order valence-corrected chi connectivity index (χ3v) is 6.55. The Morgan fingerprint density at radius 3 is 2.16 bits per heavy atom. The van der Waals surface area contributed by atoms with Crippen molar-refractivity contribution in [2.24, 2.45) is 5.92 Å². The predicted octanol–water partition coefficient (Wildman–Crippen LogP) is 2.50. The van der Waals surface area contributed by atoms with E-state index in [9.17, 15) is 9.59 Å². The number of amides is 2. The Morgan fingerprint density at radius 1 is 0.920 bits per heavy atom. The Morgan fingerprint density at radius 2 is 1.56 bits per heavy atom. The largest absolute Gasteiger partial charge is 0.340 e. The predicted molar refractivity (Wildman–Crippen MR) is 99.2 cm³/mol. The van der Waals surface area contributed by atoms with Crippen LogP contribution < -0.4 is 0 Å². The van der Waals surface area contributed by atoms with Gasteiger partial charge in [-0.3, -0.25) is 14.5 Å². The zero-order valence-corrected chi connectivity index (χ0v) is 16.1. The molecule has 25 heavy (non-hydrogen) atoms. The van der Waals surface area contributed by atoms with Crippen LogP contribution in [0, 0.1) is 5.92 Å². The maximum atomic E-state index is 13.5. The molecule has 2 heterocycles. The van der Waals surface area contributed by atoms with Gasteiger partial charge in [-0.25, -0.2) is 0 Å². The summed E-state index contributed by atoms with van der Waals surface area (Å²) in [6.07, 6.45) is 9.01. The molecular weight excluding hydrogens is 314 g/mol. The van der Waals surface area contributed by atoms with Crippen LogP contribution in [0.4, 0.5) is 0 Å². The normalized spacial score (nSPS) is 27.5. The Hall–Kier alpha value is -1.10. The van der Waals surface area contributed by atoms with Crippen LogP contribution in [-0.4, -0.2) is 71.3 Å². The minimum Gasteiger partial charge on any atom is -0.340 e. The van der Waals surface area contributed by atoms with E-state index in [-0.39, 0.29) is 11.9 Å². The Kier molecular flexibility index (Phi) is 6.37. The number of rotatable bonds is 4. The topological polar surface area (TPSA) is 43.9 Å². The highest BCUT2D eigenvalue weighted by molar-refractivity contribution is 5.83. The number of nitrogens with zero attached hydrogens (tertiary/aromatic N) is 3. The molecule has 0 aromatic heterocycles. The summed E-state index contributed by atoms with van der Waals surface area (Å²) in [6, 6.07) is 0.426. The summed E-state index contributed by atoms with van der Waals surface area (Å²) in [5.74, 6) is 1.12. The SMILES string of the molecule is CCC(=O)N1CCN([C@H](C(=O)N2CCCC[C@H]2C)C2CCCC2)CC1. The van der Waals surface area contributed by atoms with Gasteiger partial charge in [0.15, 0.2) is 0 Å². The van der Waals surface area contributed by atoms with Gasteiger partial charge in [0.05, 0.1) is 6.04 Å². The van der Waals surface area contributed by atoms with Crippen LogP contribution in [0.2, 0.25) is 0 Å². The number of carbonyl (C=O) groups is 2. The van der Waals surface area contributed by atoms with Crippen LogP contribution in [0.3, 0.4) is 0 Å². The van der Waals surface area contributed by atoms with E-state index in [1.165, 1.54) is 32.1 Å². The van der Waals surface area contributed by atoms with E-state index in [0.717, 1.165) is 45.6 Å². The lowest BCUT2D eigenvalue weighted by Crippen LogP contribution is -2.60. The molecule has 142 valence electrons. The lowest BCUT2D eigenvalue weighted by molar-refractivity contribution is -0.144. The van der Waals surface area contributed by atoms with Crippen LogP contribution in [0.15, 0.2) is 0 Å². The van der Waals surface area contributed by atoms with Crippen molar-refractivity contribution in [2.45, 2.75) is 77.3 Å². The summed E-state index contributed by atoms with van der Waals surface area (Å²) in [5, 5.41) is 0. The van der Waals surface area contributed by atoms with Crippen molar-refractivity contribution in [3.8, 4) is 0 Å². The molecule has 2 aliphatic heterocycles. The highest BCUT2D eigenvalue weighted by Gasteiger charge is 2.40. The zero-order chi connectivity index (χ0) is 17.8. The van der Waals surface area contributed by atoms with Crippen molar-refractivity contribution in [1.82, 2.24) is 14.7 Å². The second kappa shape index (κ2) is 8.52. The molecule has 0 bridgehead atoms. The summed E-state index contributed by atoms with van der Waals surface area (Å²) < 4.78 is 0. The van der Waals surface area contributed by atoms with E-state index in [0.29, 0.717) is 24.3 Å². The van der Waals surface area contributed by atoms with Gasteiger partial charge < -0.3 is 9.80 Å². The summed E-state index contributed by atoms with van der Waals surface area (Å²) in [7, 11) is 0. The van der Waals surface area contributed by atoms with Gasteiger partial charge in [-0.2, -0.15) is 0 Å². The third kappa shape index (κ3) is 4.18. The molecule has 0 N–H and O–H groups in total. The van der Waals surface area contributed by atoms with Gasteiger partial charge in [-0.1, -0.05) is 19.8 Å². The first-order chi connectivity index (χ1) is 12.1. The number of hydrogen-bond donors (Lipinski definition) is 0. The van der Waals surface area contributed by atoms with Gasteiger partial charge in [0, 0.05) is 45.2 Å². The van der Waals surface area contributed by atoms with Crippen molar-refractivity contribution in [2.75, 3.05) is 32.7 Å². The van der Waals surface area contributed by atoms with Crippen LogP contribution >= 0.6 is 0 Å². The smallest absolute Gasteiger partial charge is 0.240 e. The average Bonchev–Trinajstić information content (AvgIpc) is 3.16. The van der Waals surface area contributed by atoms with Crippen molar-refractivity contribution < 1.29 is 9.59 Å². The Bertz CT molecular complexity index is 468. The molecule has 3 aliphatic rings. The number of carbonyl (C=O) groups excluding carboxylic acids is 2. The van der Waals surface area contributed by atoms with E-state index in [2.05, 4.69) is 16.7 Å². The van der Waals surface area contributed by atoms with E-state index in [1.54, 1.807) is 0 Å². The highest BCUT2D eigenvalue weighted by atomic mass is 16.2. The van der Waals surface area contributed by atoms with Gasteiger partial charge in [0.1, 0.15) is 0 Å². The monoisotopic (exact) mass is 349 g/mol. The third-order valence-electron chi connectivity index (χ3n) is 6.55. The summed E-state index contributed by atoms with van der Waals surface area (Å²) in [6.45, 7) is 8.31. The minimum atomic E-state index is 0.0435. The van der Waals surface area contributed by atoms with Crippen molar-refractivity contribution in [3.05, 3.63) is 0 Å². The molecule has 5 heteroatoms. The fourth-order valence-electron chi connectivity index (χ4n) is 5.00. The molecule has 0 aromatic carbocycles. The quantitative estimate of drug-likeness (QED) is 0.783. The van der Waals surface area contributed by atoms with Crippen LogP contribution in [0.5, 0.6) is 0 Å².